The molecule has 0 unspecified atom stereocenters. The van der Waals surface area contributed by atoms with Crippen LogP contribution in [0, 0.1) is 0 Å². The number of rotatable bonds is 4. The maximum atomic E-state index is 12.4. The lowest BCUT2D eigenvalue weighted by Gasteiger charge is -2.06. The molecule has 8 nitrogen and oxygen atoms in total. The van der Waals surface area contributed by atoms with Crippen LogP contribution in [0.2, 0.25) is 0 Å². The van der Waals surface area contributed by atoms with E-state index in [9.17, 15) is 14.4 Å². The zero-order valence-corrected chi connectivity index (χ0v) is 11.4. The Bertz CT molecular complexity index is 953. The lowest BCUT2D eigenvalue weighted by Crippen LogP contribution is -2.35. The van der Waals surface area contributed by atoms with Crippen molar-refractivity contribution in [3.8, 4) is 0 Å². The molecular weight excluding hydrogens is 288 g/mol. The Morgan fingerprint density at radius 2 is 2.14 bits per heavy atom. The smallest absolute Gasteiger partial charge is 0.335 e. The van der Waals surface area contributed by atoms with Crippen molar-refractivity contribution in [2.45, 2.75) is 13.0 Å². The van der Waals surface area contributed by atoms with Gasteiger partial charge >= 0.3 is 11.7 Å². The molecule has 0 bridgehead atoms. The average molecular weight is 300 g/mol. The molecule has 0 atom stereocenters. The van der Waals surface area contributed by atoms with Crippen molar-refractivity contribution in [3.63, 3.8) is 0 Å². The lowest BCUT2D eigenvalue weighted by atomic mass is 10.1. The van der Waals surface area contributed by atoms with E-state index < -0.39 is 17.2 Å². The minimum atomic E-state index is -1.12. The number of nitrogens with one attached hydrogen (secondary N) is 2. The molecule has 1 aromatic carbocycles. The third-order valence-corrected chi connectivity index (χ3v) is 3.39. The van der Waals surface area contributed by atoms with Crippen molar-refractivity contribution in [1.82, 2.24) is 19.5 Å². The summed E-state index contributed by atoms with van der Waals surface area (Å²) < 4.78 is 1.09. The number of carbonyl (C=O) groups is 1. The monoisotopic (exact) mass is 300 g/mol. The van der Waals surface area contributed by atoms with Crippen LogP contribution >= 0.6 is 0 Å². The van der Waals surface area contributed by atoms with Gasteiger partial charge in [0.1, 0.15) is 0 Å². The fourth-order valence-electron chi connectivity index (χ4n) is 2.24. The SMILES string of the molecule is O=C(O)c1ccc2c(=O)n(CCc3cnc[nH]3)c(=O)[nH]c2c1. The van der Waals surface area contributed by atoms with Crippen LogP contribution in [0.3, 0.4) is 0 Å². The van der Waals surface area contributed by atoms with Crippen molar-refractivity contribution >= 4 is 16.9 Å². The summed E-state index contributed by atoms with van der Waals surface area (Å²) in [6.45, 7) is 0.201. The average Bonchev–Trinajstić information content (AvgIpc) is 2.99. The van der Waals surface area contributed by atoms with Crippen LogP contribution < -0.4 is 11.2 Å². The zero-order valence-electron chi connectivity index (χ0n) is 11.4. The maximum absolute atomic E-state index is 12.4. The highest BCUT2D eigenvalue weighted by atomic mass is 16.4. The number of H-pyrrole nitrogens is 2. The van der Waals surface area contributed by atoms with E-state index in [2.05, 4.69) is 15.0 Å². The molecule has 112 valence electrons. The highest BCUT2D eigenvalue weighted by molar-refractivity contribution is 5.92. The van der Waals surface area contributed by atoms with E-state index in [1.165, 1.54) is 24.5 Å². The number of carboxylic acids is 1. The predicted molar refractivity (Wildman–Crippen MR) is 78.1 cm³/mol. The number of hydrogen-bond donors (Lipinski definition) is 3. The predicted octanol–water partition coefficient (Wildman–Crippen LogP) is 0.354. The first-order chi connectivity index (χ1) is 10.6. The largest absolute Gasteiger partial charge is 0.478 e. The normalized spacial score (nSPS) is 10.9. The summed E-state index contributed by atoms with van der Waals surface area (Å²) in [5.41, 5.74) is 0.0211. The van der Waals surface area contributed by atoms with E-state index >= 15 is 0 Å². The molecule has 3 N–H and O–H groups in total. The first kappa shape index (κ1) is 13.8. The molecule has 0 saturated carbocycles. The van der Waals surface area contributed by atoms with E-state index in [0.29, 0.717) is 6.42 Å². The number of aromatic carboxylic acids is 1. The van der Waals surface area contributed by atoms with Crippen LogP contribution in [0.15, 0.2) is 40.3 Å². The summed E-state index contributed by atoms with van der Waals surface area (Å²) in [6, 6.07) is 4.02. The van der Waals surface area contributed by atoms with Crippen molar-refractivity contribution in [2.75, 3.05) is 0 Å². The second-order valence-electron chi connectivity index (χ2n) is 4.78. The van der Waals surface area contributed by atoms with Crippen LogP contribution in [0.4, 0.5) is 0 Å². The quantitative estimate of drug-likeness (QED) is 0.642. The Morgan fingerprint density at radius 1 is 1.32 bits per heavy atom. The van der Waals surface area contributed by atoms with Gasteiger partial charge in [-0.15, -0.1) is 0 Å². The van der Waals surface area contributed by atoms with Crippen LogP contribution in [-0.4, -0.2) is 30.6 Å². The van der Waals surface area contributed by atoms with Crippen LogP contribution in [-0.2, 0) is 13.0 Å². The fourth-order valence-corrected chi connectivity index (χ4v) is 2.24. The van der Waals surface area contributed by atoms with Crippen LogP contribution in [0.1, 0.15) is 16.1 Å². The topological polar surface area (TPSA) is 121 Å². The van der Waals surface area contributed by atoms with Gasteiger partial charge in [0.2, 0.25) is 0 Å². The van der Waals surface area contributed by atoms with Gasteiger partial charge in [-0.3, -0.25) is 9.36 Å². The Morgan fingerprint density at radius 3 is 2.82 bits per heavy atom. The second kappa shape index (κ2) is 5.32. The number of carboxylic acid groups (broad SMARTS) is 1. The third-order valence-electron chi connectivity index (χ3n) is 3.39. The van der Waals surface area contributed by atoms with Gasteiger partial charge in [0.05, 0.1) is 22.8 Å². The standard InChI is InChI=1S/C14H12N4O4/c19-12-10-2-1-8(13(20)21)5-11(10)17-14(22)18(12)4-3-9-6-15-7-16-9/h1-2,5-7H,3-4H2,(H,15,16)(H,17,22)(H,20,21). The molecule has 0 aliphatic heterocycles. The van der Waals surface area contributed by atoms with Gasteiger partial charge in [-0.1, -0.05) is 0 Å². The summed E-state index contributed by atoms with van der Waals surface area (Å²) >= 11 is 0. The molecule has 22 heavy (non-hydrogen) atoms. The van der Waals surface area contributed by atoms with Crippen molar-refractivity contribution < 1.29 is 9.90 Å². The first-order valence-corrected chi connectivity index (χ1v) is 6.53. The highest BCUT2D eigenvalue weighted by Gasteiger charge is 2.10. The summed E-state index contributed by atoms with van der Waals surface area (Å²) in [6.07, 6.45) is 3.61. The molecule has 8 heteroatoms. The van der Waals surface area contributed by atoms with Crippen molar-refractivity contribution in [1.29, 1.82) is 0 Å². The van der Waals surface area contributed by atoms with E-state index in [4.69, 9.17) is 5.11 Å². The van der Waals surface area contributed by atoms with E-state index in [0.717, 1.165) is 10.3 Å². The van der Waals surface area contributed by atoms with Gasteiger partial charge in [0, 0.05) is 24.9 Å². The molecule has 0 fully saturated rings. The molecule has 0 spiro atoms. The minimum absolute atomic E-state index is 0.0118. The van der Waals surface area contributed by atoms with Crippen LogP contribution in [0.5, 0.6) is 0 Å². The van der Waals surface area contributed by atoms with Gasteiger partial charge < -0.3 is 15.1 Å². The summed E-state index contributed by atoms with van der Waals surface area (Å²) in [7, 11) is 0. The number of aryl methyl sites for hydroxylation is 1. The van der Waals surface area contributed by atoms with E-state index in [-0.39, 0.29) is 23.0 Å². The lowest BCUT2D eigenvalue weighted by molar-refractivity contribution is 0.0697. The molecule has 2 aromatic heterocycles. The number of hydrogen-bond acceptors (Lipinski definition) is 4. The Hall–Kier alpha value is -3.16. The molecule has 3 aromatic rings. The summed E-state index contributed by atoms with van der Waals surface area (Å²) in [5, 5.41) is 9.22. The molecule has 3 rings (SSSR count). The molecule has 2 heterocycles. The minimum Gasteiger partial charge on any atom is -0.478 e. The number of imidazole rings is 1. The third kappa shape index (κ3) is 2.41. The summed E-state index contributed by atoms with van der Waals surface area (Å²) in [5.74, 6) is -1.12. The second-order valence-corrected chi connectivity index (χ2v) is 4.78. The van der Waals surface area contributed by atoms with Crippen molar-refractivity contribution in [2.24, 2.45) is 0 Å². The fraction of sp³-hybridized carbons (Fsp3) is 0.143. The van der Waals surface area contributed by atoms with Gasteiger partial charge in [0.15, 0.2) is 0 Å². The Balaban J connectivity index is 2.05. The van der Waals surface area contributed by atoms with E-state index in [1.54, 1.807) is 6.20 Å². The van der Waals surface area contributed by atoms with Crippen LogP contribution in [0.25, 0.3) is 10.9 Å². The molecule has 0 aliphatic carbocycles. The van der Waals surface area contributed by atoms with E-state index in [1.807, 2.05) is 0 Å². The van der Waals surface area contributed by atoms with Gasteiger partial charge in [-0.2, -0.15) is 0 Å². The van der Waals surface area contributed by atoms with Gasteiger partial charge in [-0.25, -0.2) is 14.6 Å². The highest BCUT2D eigenvalue weighted by Crippen LogP contribution is 2.09. The molecular formula is C14H12N4O4. The van der Waals surface area contributed by atoms with Gasteiger partial charge in [-0.05, 0) is 18.2 Å². The van der Waals surface area contributed by atoms with Crippen molar-refractivity contribution in [3.05, 3.63) is 62.8 Å². The number of aromatic nitrogens is 4. The molecule has 0 saturated heterocycles. The molecule has 0 amide bonds. The number of benzene rings is 1. The molecule has 0 radical (unpaired) electrons. The zero-order chi connectivity index (χ0) is 15.7. The number of fused-ring (bicyclic) bond motifs is 1. The number of aromatic amines is 2. The maximum Gasteiger partial charge on any atom is 0.335 e. The first-order valence-electron chi connectivity index (χ1n) is 6.53. The number of nitrogens with zero attached hydrogens (tertiary/aromatic N) is 2. The molecule has 0 aliphatic rings. The van der Waals surface area contributed by atoms with Gasteiger partial charge in [0.25, 0.3) is 5.56 Å². The Kier molecular flexibility index (Phi) is 3.34. The summed E-state index contributed by atoms with van der Waals surface area (Å²) in [4.78, 5) is 44.6. The Labute approximate surface area is 123 Å².